The lowest BCUT2D eigenvalue weighted by atomic mass is 10.1. The first-order chi connectivity index (χ1) is 16.2. The van der Waals surface area contributed by atoms with Gasteiger partial charge in [0.1, 0.15) is 12.7 Å². The van der Waals surface area contributed by atoms with Crippen LogP contribution in [0.5, 0.6) is 0 Å². The fraction of sp³-hybridized carbons (Fsp3) is 0.348. The van der Waals surface area contributed by atoms with Crippen molar-refractivity contribution in [3.05, 3.63) is 54.3 Å². The molecule has 4 atom stereocenters. The van der Waals surface area contributed by atoms with Crippen molar-refractivity contribution in [3.8, 4) is 0 Å². The number of hydrogen-bond acceptors (Lipinski definition) is 11. The second-order valence-corrected chi connectivity index (χ2v) is 8.06. The molecule has 0 saturated carbocycles. The number of aldehydes is 1. The molecule has 1 aliphatic heterocycles. The third-order valence-electron chi connectivity index (χ3n) is 4.31. The minimum Gasteiger partial charge on any atom is -0.463 e. The van der Waals surface area contributed by atoms with Crippen LogP contribution in [0.15, 0.2) is 59.2 Å². The summed E-state index contributed by atoms with van der Waals surface area (Å²) in [5.74, 6) is -1.83. The minimum atomic E-state index is -1.05. The van der Waals surface area contributed by atoms with E-state index < -0.39 is 47.6 Å². The van der Waals surface area contributed by atoms with Gasteiger partial charge in [0, 0.05) is 25.7 Å². The topological polar surface area (TPSA) is 134 Å². The van der Waals surface area contributed by atoms with Crippen molar-refractivity contribution in [2.75, 3.05) is 6.61 Å². The molecule has 2 rings (SSSR count). The number of carbonyl (C=O) groups is 5. The third kappa shape index (κ3) is 8.49. The lowest BCUT2D eigenvalue weighted by Gasteiger charge is -2.23. The van der Waals surface area contributed by atoms with Gasteiger partial charge in [-0.3, -0.25) is 24.0 Å². The normalized spacial score (nSPS) is 22.1. The molecule has 1 aromatic carbocycles. The molecule has 1 heterocycles. The summed E-state index contributed by atoms with van der Waals surface area (Å²) in [4.78, 5) is 58.7. The van der Waals surface area contributed by atoms with E-state index in [1.807, 2.05) is 6.07 Å². The van der Waals surface area contributed by atoms with Crippen molar-refractivity contribution < 1.29 is 42.9 Å². The maximum Gasteiger partial charge on any atom is 0.303 e. The van der Waals surface area contributed by atoms with Crippen LogP contribution in [0.1, 0.15) is 20.8 Å². The highest BCUT2D eigenvalue weighted by Gasteiger charge is 2.49. The van der Waals surface area contributed by atoms with Crippen molar-refractivity contribution in [1.82, 2.24) is 5.32 Å². The van der Waals surface area contributed by atoms with Gasteiger partial charge in [-0.05, 0) is 42.2 Å². The van der Waals surface area contributed by atoms with Crippen LogP contribution in [0.25, 0.3) is 0 Å². The summed E-state index contributed by atoms with van der Waals surface area (Å²) in [5.41, 5.74) is -0.0682. The van der Waals surface area contributed by atoms with E-state index >= 15 is 0 Å². The average molecular weight is 492 g/mol. The molecule has 182 valence electrons. The highest BCUT2D eigenvalue weighted by molar-refractivity contribution is 8.14. The molecule has 11 heteroatoms. The van der Waals surface area contributed by atoms with Crippen molar-refractivity contribution in [2.45, 2.75) is 50.2 Å². The van der Waals surface area contributed by atoms with Gasteiger partial charge in [-0.25, -0.2) is 0 Å². The van der Waals surface area contributed by atoms with Crippen LogP contribution in [0.3, 0.4) is 0 Å². The number of thioether (sulfide) groups is 1. The maximum atomic E-state index is 12.3. The van der Waals surface area contributed by atoms with E-state index in [1.54, 1.807) is 24.3 Å². The summed E-state index contributed by atoms with van der Waals surface area (Å²) in [7, 11) is 0. The van der Waals surface area contributed by atoms with E-state index in [1.165, 1.54) is 39.1 Å². The Morgan fingerprint density at radius 1 is 1.00 bits per heavy atom. The first kappa shape index (κ1) is 26.8. The zero-order valence-electron chi connectivity index (χ0n) is 18.8. The number of esters is 3. The SMILES string of the molecule is CC(=O)OC[C@H]1O[C@@H](N/C=C\C=C(/C=O)C(=O)Sc2ccccc2)[C@H](OC(C)=O)[C@@H]1OC(C)=O. The Balaban J connectivity index is 2.10. The molecule has 0 amide bonds. The Hall–Kier alpha value is -3.44. The molecule has 0 spiro atoms. The van der Waals surface area contributed by atoms with Gasteiger partial charge in [-0.1, -0.05) is 18.2 Å². The fourth-order valence-corrected chi connectivity index (χ4v) is 3.70. The molecule has 1 fully saturated rings. The first-order valence-electron chi connectivity index (χ1n) is 10.2. The molecule has 1 aliphatic rings. The van der Waals surface area contributed by atoms with Gasteiger partial charge in [0.2, 0.25) is 5.12 Å². The van der Waals surface area contributed by atoms with Gasteiger partial charge < -0.3 is 24.3 Å². The van der Waals surface area contributed by atoms with Crippen LogP contribution >= 0.6 is 11.8 Å². The molecule has 0 aliphatic carbocycles. The molecule has 1 saturated heterocycles. The number of allylic oxidation sites excluding steroid dienone is 2. The van der Waals surface area contributed by atoms with Crippen LogP contribution in [0, 0.1) is 0 Å². The van der Waals surface area contributed by atoms with Crippen LogP contribution in [-0.4, -0.2) is 60.5 Å². The number of carbonyl (C=O) groups excluding carboxylic acids is 5. The Morgan fingerprint density at radius 2 is 1.65 bits per heavy atom. The van der Waals surface area contributed by atoms with Crippen LogP contribution in [-0.2, 0) is 42.9 Å². The first-order valence-corrected chi connectivity index (χ1v) is 11.0. The molecule has 0 bridgehead atoms. The zero-order chi connectivity index (χ0) is 25.1. The molecular formula is C23H25NO9S. The zero-order valence-corrected chi connectivity index (χ0v) is 19.6. The van der Waals surface area contributed by atoms with Crippen LogP contribution in [0.4, 0.5) is 0 Å². The van der Waals surface area contributed by atoms with Gasteiger partial charge in [0.05, 0.1) is 5.57 Å². The summed E-state index contributed by atoms with van der Waals surface area (Å²) in [6.45, 7) is 3.36. The van der Waals surface area contributed by atoms with Crippen LogP contribution in [0.2, 0.25) is 0 Å². The fourth-order valence-electron chi connectivity index (χ4n) is 2.96. The van der Waals surface area contributed by atoms with Crippen molar-refractivity contribution in [2.24, 2.45) is 0 Å². The lowest BCUT2D eigenvalue weighted by molar-refractivity contribution is -0.165. The van der Waals surface area contributed by atoms with E-state index in [0.717, 1.165) is 11.8 Å². The van der Waals surface area contributed by atoms with Crippen molar-refractivity contribution in [1.29, 1.82) is 0 Å². The predicted octanol–water partition coefficient (Wildman–Crippen LogP) is 1.69. The van der Waals surface area contributed by atoms with E-state index in [-0.39, 0.29) is 12.2 Å². The molecule has 1 N–H and O–H groups in total. The molecule has 0 aromatic heterocycles. The second-order valence-electron chi connectivity index (χ2n) is 7.01. The van der Waals surface area contributed by atoms with Crippen LogP contribution < -0.4 is 5.32 Å². The van der Waals surface area contributed by atoms with Gasteiger partial charge in [0.15, 0.2) is 24.7 Å². The number of ether oxygens (including phenoxy) is 4. The van der Waals surface area contributed by atoms with Gasteiger partial charge >= 0.3 is 17.9 Å². The maximum absolute atomic E-state index is 12.3. The Bertz CT molecular complexity index is 960. The number of hydrogen-bond donors (Lipinski definition) is 1. The lowest BCUT2D eigenvalue weighted by Crippen LogP contribution is -2.44. The largest absolute Gasteiger partial charge is 0.463 e. The van der Waals surface area contributed by atoms with E-state index in [4.69, 9.17) is 18.9 Å². The number of nitrogens with one attached hydrogen (secondary N) is 1. The van der Waals surface area contributed by atoms with E-state index in [9.17, 15) is 24.0 Å². The minimum absolute atomic E-state index is 0.0682. The van der Waals surface area contributed by atoms with Gasteiger partial charge in [-0.2, -0.15) is 0 Å². The Labute approximate surface area is 200 Å². The number of rotatable bonds is 10. The summed E-state index contributed by atoms with van der Waals surface area (Å²) in [6, 6.07) is 8.88. The third-order valence-corrected chi connectivity index (χ3v) is 5.24. The summed E-state index contributed by atoms with van der Waals surface area (Å²) < 4.78 is 21.2. The van der Waals surface area contributed by atoms with Crippen molar-refractivity contribution >= 4 is 41.1 Å². The molecule has 10 nitrogen and oxygen atoms in total. The van der Waals surface area contributed by atoms with E-state index in [2.05, 4.69) is 5.32 Å². The molecule has 0 unspecified atom stereocenters. The standard InChI is InChI=1S/C23H25NO9S/c1-14(26)30-13-19-20(31-15(2)27)21(32-16(3)28)22(33-19)24-11-7-8-17(12-25)23(29)34-18-9-5-4-6-10-18/h4-12,19-22,24H,13H2,1-3H3/b11-7-,17-8+/t19-,20-,21-,22-/m1/s1. The van der Waals surface area contributed by atoms with E-state index in [0.29, 0.717) is 11.2 Å². The molecule has 34 heavy (non-hydrogen) atoms. The quantitative estimate of drug-likeness (QED) is 0.0749. The Morgan fingerprint density at radius 3 is 2.24 bits per heavy atom. The predicted molar refractivity (Wildman–Crippen MR) is 120 cm³/mol. The second kappa shape index (κ2) is 13.3. The monoisotopic (exact) mass is 491 g/mol. The summed E-state index contributed by atoms with van der Waals surface area (Å²) in [5, 5.41) is 2.40. The highest BCUT2D eigenvalue weighted by atomic mass is 32.2. The summed E-state index contributed by atoms with van der Waals surface area (Å²) >= 11 is 0.916. The highest BCUT2D eigenvalue weighted by Crippen LogP contribution is 2.26. The van der Waals surface area contributed by atoms with Gasteiger partial charge in [0.25, 0.3) is 0 Å². The average Bonchev–Trinajstić information content (AvgIpc) is 3.08. The Kier molecular flexibility index (Phi) is 10.5. The number of benzene rings is 1. The van der Waals surface area contributed by atoms with Crippen molar-refractivity contribution in [3.63, 3.8) is 0 Å². The smallest absolute Gasteiger partial charge is 0.303 e. The summed E-state index contributed by atoms with van der Waals surface area (Å²) in [6.07, 6.45) is 0.607. The van der Waals surface area contributed by atoms with Gasteiger partial charge in [-0.15, -0.1) is 0 Å². The molecule has 0 radical (unpaired) electrons. The molecule has 1 aromatic rings. The molecular weight excluding hydrogens is 466 g/mol.